The molecule has 0 spiro atoms. The fourth-order valence-electron chi connectivity index (χ4n) is 4.49. The Morgan fingerprint density at radius 3 is 2.52 bits per heavy atom. The van der Waals surface area contributed by atoms with Gasteiger partial charge in [-0.15, -0.1) is 0 Å². The summed E-state index contributed by atoms with van der Waals surface area (Å²) in [6, 6.07) is 14.2. The van der Waals surface area contributed by atoms with Gasteiger partial charge >= 0.3 is 6.09 Å². The lowest BCUT2D eigenvalue weighted by Gasteiger charge is -2.36. The molecule has 2 saturated heterocycles. The molecular weight excluding hydrogens is 362 g/mol. The molecule has 4 rings (SSSR count). The average Bonchev–Trinajstić information content (AvgIpc) is 2.79. The SMILES string of the molecule is Cc1nc(N2CCCCC2)ccc1[C@H]1CCCCN1C(=O)OCc1ccccc1. The minimum Gasteiger partial charge on any atom is -0.445 e. The Balaban J connectivity index is 1.47. The van der Waals surface area contributed by atoms with Crippen LogP contribution in [0.15, 0.2) is 42.5 Å². The molecule has 1 atom stereocenters. The first-order valence-corrected chi connectivity index (χ1v) is 10.9. The van der Waals surface area contributed by atoms with Gasteiger partial charge in [-0.2, -0.15) is 0 Å². The second-order valence-electron chi connectivity index (χ2n) is 8.14. The van der Waals surface area contributed by atoms with Gasteiger partial charge in [0, 0.05) is 25.3 Å². The van der Waals surface area contributed by atoms with Crippen molar-refractivity contribution >= 4 is 11.9 Å². The lowest BCUT2D eigenvalue weighted by Crippen LogP contribution is -2.39. The fourth-order valence-corrected chi connectivity index (χ4v) is 4.49. The zero-order chi connectivity index (χ0) is 20.1. The summed E-state index contributed by atoms with van der Waals surface area (Å²) in [5, 5.41) is 0. The summed E-state index contributed by atoms with van der Waals surface area (Å²) in [6.45, 7) is 5.31. The summed E-state index contributed by atoms with van der Waals surface area (Å²) in [5.41, 5.74) is 3.20. The average molecular weight is 394 g/mol. The molecule has 0 aliphatic carbocycles. The third-order valence-corrected chi connectivity index (χ3v) is 6.09. The minimum absolute atomic E-state index is 0.0509. The number of hydrogen-bond donors (Lipinski definition) is 0. The Hall–Kier alpha value is -2.56. The third-order valence-electron chi connectivity index (χ3n) is 6.09. The number of ether oxygens (including phenoxy) is 1. The van der Waals surface area contributed by atoms with Crippen molar-refractivity contribution < 1.29 is 9.53 Å². The number of piperidine rings is 2. The molecule has 1 aromatic heterocycles. The number of rotatable bonds is 4. The van der Waals surface area contributed by atoms with Crippen LogP contribution in [-0.4, -0.2) is 35.6 Å². The quantitative estimate of drug-likeness (QED) is 0.712. The van der Waals surface area contributed by atoms with Gasteiger partial charge in [0.1, 0.15) is 12.4 Å². The van der Waals surface area contributed by atoms with E-state index in [1.807, 2.05) is 35.2 Å². The van der Waals surface area contributed by atoms with E-state index in [-0.39, 0.29) is 12.1 Å². The Kier molecular flexibility index (Phi) is 6.33. The van der Waals surface area contributed by atoms with Crippen LogP contribution in [0, 0.1) is 6.92 Å². The standard InChI is InChI=1S/C24H31N3O2/c1-19-21(13-14-23(25-19)26-15-7-3-8-16-26)22-12-6-9-17-27(22)24(28)29-18-20-10-4-2-5-11-20/h2,4-5,10-11,13-14,22H,3,6-9,12,15-18H2,1H3/t22-/m1/s1. The van der Waals surface area contributed by atoms with Crippen molar-refractivity contribution in [2.45, 2.75) is 58.1 Å². The van der Waals surface area contributed by atoms with E-state index in [2.05, 4.69) is 24.0 Å². The van der Waals surface area contributed by atoms with Crippen molar-refractivity contribution in [1.82, 2.24) is 9.88 Å². The van der Waals surface area contributed by atoms with E-state index in [1.54, 1.807) is 0 Å². The maximum atomic E-state index is 12.9. The molecule has 1 amide bonds. The molecule has 5 heteroatoms. The van der Waals surface area contributed by atoms with Crippen LogP contribution >= 0.6 is 0 Å². The Morgan fingerprint density at radius 1 is 1.00 bits per heavy atom. The Morgan fingerprint density at radius 2 is 1.76 bits per heavy atom. The maximum Gasteiger partial charge on any atom is 0.410 e. The molecule has 0 bridgehead atoms. The van der Waals surface area contributed by atoms with Crippen molar-refractivity contribution in [2.24, 2.45) is 0 Å². The molecule has 1 aromatic carbocycles. The summed E-state index contributed by atoms with van der Waals surface area (Å²) in [4.78, 5) is 22.0. The number of carbonyl (C=O) groups is 1. The number of hydrogen-bond acceptors (Lipinski definition) is 4. The molecule has 0 saturated carbocycles. The molecule has 29 heavy (non-hydrogen) atoms. The number of likely N-dealkylation sites (tertiary alicyclic amines) is 1. The minimum atomic E-state index is -0.224. The summed E-state index contributed by atoms with van der Waals surface area (Å²) >= 11 is 0. The van der Waals surface area contributed by atoms with E-state index in [9.17, 15) is 4.79 Å². The molecule has 2 aliphatic rings. The Bertz CT molecular complexity index is 818. The third kappa shape index (κ3) is 4.72. The van der Waals surface area contributed by atoms with Gasteiger partial charge in [-0.25, -0.2) is 9.78 Å². The van der Waals surface area contributed by atoms with E-state index in [0.29, 0.717) is 6.61 Å². The number of aromatic nitrogens is 1. The lowest BCUT2D eigenvalue weighted by atomic mass is 9.94. The van der Waals surface area contributed by atoms with Crippen LogP contribution in [0.1, 0.15) is 61.4 Å². The van der Waals surface area contributed by atoms with E-state index in [4.69, 9.17) is 9.72 Å². The highest BCUT2D eigenvalue weighted by atomic mass is 16.6. The van der Waals surface area contributed by atoms with E-state index >= 15 is 0 Å². The normalized spacial score (nSPS) is 19.8. The van der Waals surface area contributed by atoms with E-state index < -0.39 is 0 Å². The number of aryl methyl sites for hydroxylation is 1. The first-order valence-electron chi connectivity index (χ1n) is 10.9. The smallest absolute Gasteiger partial charge is 0.410 e. The predicted octanol–water partition coefficient (Wildman–Crippen LogP) is 5.24. The van der Waals surface area contributed by atoms with Crippen molar-refractivity contribution in [3.05, 3.63) is 59.3 Å². The zero-order valence-electron chi connectivity index (χ0n) is 17.3. The molecule has 154 valence electrons. The molecule has 0 radical (unpaired) electrons. The zero-order valence-corrected chi connectivity index (χ0v) is 17.3. The fraction of sp³-hybridized carbons (Fsp3) is 0.500. The molecular formula is C24H31N3O2. The maximum absolute atomic E-state index is 12.9. The second-order valence-corrected chi connectivity index (χ2v) is 8.14. The summed E-state index contributed by atoms with van der Waals surface area (Å²) in [7, 11) is 0. The second kappa shape index (κ2) is 9.29. The van der Waals surface area contributed by atoms with Crippen molar-refractivity contribution in [1.29, 1.82) is 0 Å². The number of pyridine rings is 1. The summed E-state index contributed by atoms with van der Waals surface area (Å²) < 4.78 is 5.64. The van der Waals surface area contributed by atoms with Crippen molar-refractivity contribution in [2.75, 3.05) is 24.5 Å². The molecule has 3 heterocycles. The van der Waals surface area contributed by atoms with Gasteiger partial charge < -0.3 is 14.5 Å². The highest BCUT2D eigenvalue weighted by Gasteiger charge is 2.30. The highest BCUT2D eigenvalue weighted by Crippen LogP contribution is 2.34. The van der Waals surface area contributed by atoms with Crippen LogP contribution in [0.4, 0.5) is 10.6 Å². The Labute approximate surface area is 173 Å². The van der Waals surface area contributed by atoms with Gasteiger partial charge in [0.25, 0.3) is 0 Å². The number of carbonyl (C=O) groups excluding carboxylic acids is 1. The van der Waals surface area contributed by atoms with E-state index in [1.165, 1.54) is 19.3 Å². The largest absolute Gasteiger partial charge is 0.445 e. The van der Waals surface area contributed by atoms with Gasteiger partial charge in [0.05, 0.1) is 6.04 Å². The molecule has 2 fully saturated rings. The van der Waals surface area contributed by atoms with Crippen molar-refractivity contribution in [3.8, 4) is 0 Å². The summed E-state index contributed by atoms with van der Waals surface area (Å²) in [5.74, 6) is 1.07. The molecule has 2 aliphatic heterocycles. The van der Waals surface area contributed by atoms with Crippen LogP contribution < -0.4 is 4.90 Å². The number of nitrogens with zero attached hydrogens (tertiary/aromatic N) is 3. The van der Waals surface area contributed by atoms with Crippen LogP contribution in [0.3, 0.4) is 0 Å². The van der Waals surface area contributed by atoms with Gasteiger partial charge in [-0.1, -0.05) is 36.4 Å². The van der Waals surface area contributed by atoms with Gasteiger partial charge in [-0.3, -0.25) is 0 Å². The van der Waals surface area contributed by atoms with Crippen LogP contribution in [-0.2, 0) is 11.3 Å². The summed E-state index contributed by atoms with van der Waals surface area (Å²) in [6.07, 6.45) is 6.69. The monoisotopic (exact) mass is 393 g/mol. The number of amides is 1. The molecule has 0 N–H and O–H groups in total. The van der Waals surface area contributed by atoms with Crippen LogP contribution in [0.5, 0.6) is 0 Å². The van der Waals surface area contributed by atoms with Crippen LogP contribution in [0.25, 0.3) is 0 Å². The van der Waals surface area contributed by atoms with Gasteiger partial charge in [0.2, 0.25) is 0 Å². The number of anilines is 1. The molecule has 5 nitrogen and oxygen atoms in total. The van der Waals surface area contributed by atoms with E-state index in [0.717, 1.165) is 61.5 Å². The first kappa shape index (κ1) is 19.7. The van der Waals surface area contributed by atoms with Crippen molar-refractivity contribution in [3.63, 3.8) is 0 Å². The molecule has 2 aromatic rings. The first-order chi connectivity index (χ1) is 14.2. The van der Waals surface area contributed by atoms with Gasteiger partial charge in [0.15, 0.2) is 0 Å². The van der Waals surface area contributed by atoms with Gasteiger partial charge in [-0.05, 0) is 62.6 Å². The lowest BCUT2D eigenvalue weighted by molar-refractivity contribution is 0.0677. The highest BCUT2D eigenvalue weighted by molar-refractivity contribution is 5.68. The predicted molar refractivity (Wildman–Crippen MR) is 115 cm³/mol. The number of benzene rings is 1. The topological polar surface area (TPSA) is 45.7 Å². The molecule has 0 unspecified atom stereocenters. The van der Waals surface area contributed by atoms with Crippen LogP contribution in [0.2, 0.25) is 0 Å².